The molecule has 5 atom stereocenters. The van der Waals surface area contributed by atoms with Crippen molar-refractivity contribution in [3.8, 4) is 0 Å². The number of likely N-dealkylation sites (tertiary alicyclic amines) is 1. The number of benzene rings is 3. The maximum atomic E-state index is 14.2. The van der Waals surface area contributed by atoms with Crippen molar-refractivity contribution in [1.82, 2.24) is 10.2 Å². The van der Waals surface area contributed by atoms with E-state index in [9.17, 15) is 9.59 Å². The largest absolute Gasteiger partial charge is 0.378 e. The van der Waals surface area contributed by atoms with Gasteiger partial charge in [0, 0.05) is 24.2 Å². The fourth-order valence-electron chi connectivity index (χ4n) is 6.66. The Bertz CT molecular complexity index is 1320. The number of hydrogen-bond acceptors (Lipinski definition) is 3. The molecule has 2 heterocycles. The molecule has 3 aliphatic rings. The van der Waals surface area contributed by atoms with Gasteiger partial charge in [-0.05, 0) is 48.6 Å². The smallest absolute Gasteiger partial charge is 0.319 e. The van der Waals surface area contributed by atoms with Gasteiger partial charge in [0.1, 0.15) is 0 Å². The molecule has 1 aliphatic carbocycles. The summed E-state index contributed by atoms with van der Waals surface area (Å²) in [6, 6.07) is 25.7. The van der Waals surface area contributed by atoms with Gasteiger partial charge in [-0.25, -0.2) is 4.79 Å². The van der Waals surface area contributed by atoms with Crippen LogP contribution in [0, 0.1) is 11.8 Å². The van der Waals surface area contributed by atoms with E-state index in [0.717, 1.165) is 44.3 Å². The molecular weight excluding hydrogens is 496 g/mol. The zero-order chi connectivity index (χ0) is 26.1. The summed E-state index contributed by atoms with van der Waals surface area (Å²) in [5.41, 5.74) is 4.10. The highest BCUT2D eigenvalue weighted by Gasteiger charge is 2.48. The maximum Gasteiger partial charge on any atom is 0.319 e. The van der Waals surface area contributed by atoms with Gasteiger partial charge >= 0.3 is 6.03 Å². The second-order valence-corrected chi connectivity index (χ2v) is 11.0. The van der Waals surface area contributed by atoms with E-state index in [1.54, 1.807) is 12.1 Å². The predicted octanol–water partition coefficient (Wildman–Crippen LogP) is 6.78. The molecule has 3 N–H and O–H groups in total. The van der Waals surface area contributed by atoms with E-state index < -0.39 is 0 Å². The van der Waals surface area contributed by atoms with E-state index in [0.29, 0.717) is 10.7 Å². The zero-order valence-corrected chi connectivity index (χ0v) is 22.0. The molecule has 1 saturated carbocycles. The van der Waals surface area contributed by atoms with E-state index in [4.69, 9.17) is 11.6 Å². The summed E-state index contributed by atoms with van der Waals surface area (Å²) in [4.78, 5) is 29.2. The first-order chi connectivity index (χ1) is 18.6. The van der Waals surface area contributed by atoms with Gasteiger partial charge in [0.15, 0.2) is 0 Å². The first kappa shape index (κ1) is 24.8. The van der Waals surface area contributed by atoms with Crippen molar-refractivity contribution in [1.29, 1.82) is 0 Å². The SMILES string of the molecule is O=C(Nc1ccccc1Cl)N[C@@H]1CCCC[C@@H]1C(=O)N1CC[C@@H]2[C@H](c3ccccc3)Nc3ccccc3[C@@H]21. The first-order valence-electron chi connectivity index (χ1n) is 13.6. The highest BCUT2D eigenvalue weighted by atomic mass is 35.5. The second kappa shape index (κ2) is 10.7. The summed E-state index contributed by atoms with van der Waals surface area (Å²) in [5, 5.41) is 10.2. The molecule has 0 radical (unpaired) electrons. The predicted molar refractivity (Wildman–Crippen MR) is 151 cm³/mol. The third kappa shape index (κ3) is 4.73. The molecule has 0 spiro atoms. The number of amides is 3. The molecule has 0 unspecified atom stereocenters. The van der Waals surface area contributed by atoms with Crippen molar-refractivity contribution in [2.24, 2.45) is 11.8 Å². The molecule has 0 bridgehead atoms. The van der Waals surface area contributed by atoms with Crippen molar-refractivity contribution >= 4 is 34.9 Å². The van der Waals surface area contributed by atoms with Gasteiger partial charge in [-0.3, -0.25) is 4.79 Å². The number of carbonyl (C=O) groups excluding carboxylic acids is 2. The van der Waals surface area contributed by atoms with E-state index in [-0.39, 0.29) is 41.9 Å². The summed E-state index contributed by atoms with van der Waals surface area (Å²) in [6.07, 6.45) is 4.50. The van der Waals surface area contributed by atoms with Gasteiger partial charge in [-0.2, -0.15) is 0 Å². The summed E-state index contributed by atoms with van der Waals surface area (Å²) in [7, 11) is 0. The van der Waals surface area contributed by atoms with Crippen LogP contribution in [0.15, 0.2) is 78.9 Å². The van der Waals surface area contributed by atoms with Crippen LogP contribution in [0.2, 0.25) is 5.02 Å². The Morgan fingerprint density at radius 2 is 1.61 bits per heavy atom. The Morgan fingerprint density at radius 1 is 0.868 bits per heavy atom. The lowest BCUT2D eigenvalue weighted by Gasteiger charge is -2.42. The summed E-state index contributed by atoms with van der Waals surface area (Å²) < 4.78 is 0. The average Bonchev–Trinajstić information content (AvgIpc) is 3.40. The van der Waals surface area contributed by atoms with Crippen LogP contribution in [0.25, 0.3) is 0 Å². The van der Waals surface area contributed by atoms with Crippen LogP contribution in [0.5, 0.6) is 0 Å². The lowest BCUT2D eigenvalue weighted by molar-refractivity contribution is -0.138. The minimum Gasteiger partial charge on any atom is -0.378 e. The number of rotatable bonds is 4. The van der Waals surface area contributed by atoms with Crippen molar-refractivity contribution in [2.75, 3.05) is 17.2 Å². The van der Waals surface area contributed by atoms with E-state index in [1.165, 1.54) is 11.1 Å². The van der Waals surface area contributed by atoms with Crippen LogP contribution in [0.3, 0.4) is 0 Å². The van der Waals surface area contributed by atoms with Gasteiger partial charge < -0.3 is 20.9 Å². The summed E-state index contributed by atoms with van der Waals surface area (Å²) >= 11 is 6.23. The van der Waals surface area contributed by atoms with Crippen LogP contribution in [-0.4, -0.2) is 29.4 Å². The lowest BCUT2D eigenvalue weighted by Crippen LogP contribution is -2.51. The van der Waals surface area contributed by atoms with E-state index >= 15 is 0 Å². The Balaban J connectivity index is 1.24. The third-order valence-electron chi connectivity index (χ3n) is 8.43. The molecule has 196 valence electrons. The fourth-order valence-corrected chi connectivity index (χ4v) is 6.85. The number of hydrogen-bond donors (Lipinski definition) is 3. The van der Waals surface area contributed by atoms with E-state index in [1.807, 2.05) is 24.3 Å². The number of carbonyl (C=O) groups is 2. The minimum atomic E-state index is -0.321. The molecule has 3 amide bonds. The quantitative estimate of drug-likeness (QED) is 0.349. The van der Waals surface area contributed by atoms with Gasteiger partial charge in [-0.1, -0.05) is 85.1 Å². The van der Waals surface area contributed by atoms with Crippen LogP contribution >= 0.6 is 11.6 Å². The van der Waals surface area contributed by atoms with Crippen molar-refractivity contribution in [3.05, 3.63) is 95.0 Å². The maximum absolute atomic E-state index is 14.2. The molecule has 0 aromatic heterocycles. The molecule has 2 fully saturated rings. The fraction of sp³-hybridized carbons (Fsp3) is 0.355. The monoisotopic (exact) mass is 528 g/mol. The third-order valence-corrected chi connectivity index (χ3v) is 8.76. The molecule has 3 aromatic rings. The number of anilines is 2. The lowest BCUT2D eigenvalue weighted by atomic mass is 9.79. The minimum absolute atomic E-state index is 0.0182. The highest BCUT2D eigenvalue weighted by Crippen LogP contribution is 2.51. The molecule has 2 aliphatic heterocycles. The van der Waals surface area contributed by atoms with Crippen molar-refractivity contribution in [2.45, 2.75) is 50.2 Å². The number of nitrogens with zero attached hydrogens (tertiary/aromatic N) is 1. The average molecular weight is 529 g/mol. The zero-order valence-electron chi connectivity index (χ0n) is 21.3. The molecule has 7 heteroatoms. The molecule has 6 rings (SSSR count). The molecular formula is C31H33ClN4O2. The van der Waals surface area contributed by atoms with E-state index in [2.05, 4.69) is 63.3 Å². The number of para-hydroxylation sites is 2. The molecule has 3 aromatic carbocycles. The van der Waals surface area contributed by atoms with Crippen molar-refractivity contribution in [3.63, 3.8) is 0 Å². The highest BCUT2D eigenvalue weighted by molar-refractivity contribution is 6.33. The van der Waals surface area contributed by atoms with Gasteiger partial charge in [-0.15, -0.1) is 0 Å². The second-order valence-electron chi connectivity index (χ2n) is 10.6. The Morgan fingerprint density at radius 3 is 2.45 bits per heavy atom. The Labute approximate surface area is 228 Å². The summed E-state index contributed by atoms with van der Waals surface area (Å²) in [6.45, 7) is 0.725. The van der Waals surface area contributed by atoms with Gasteiger partial charge in [0.2, 0.25) is 5.91 Å². The number of nitrogens with one attached hydrogen (secondary N) is 3. The molecule has 38 heavy (non-hydrogen) atoms. The van der Waals surface area contributed by atoms with Gasteiger partial charge in [0.25, 0.3) is 0 Å². The number of halogens is 1. The number of urea groups is 1. The van der Waals surface area contributed by atoms with Crippen molar-refractivity contribution < 1.29 is 9.59 Å². The summed E-state index contributed by atoms with van der Waals surface area (Å²) in [5.74, 6) is 0.204. The van der Waals surface area contributed by atoms with Crippen LogP contribution in [0.1, 0.15) is 55.3 Å². The van der Waals surface area contributed by atoms with Crippen LogP contribution in [0.4, 0.5) is 16.2 Å². The number of fused-ring (bicyclic) bond motifs is 3. The normalized spacial score (nSPS) is 26.0. The Hall–Kier alpha value is -3.51. The van der Waals surface area contributed by atoms with Crippen LogP contribution in [-0.2, 0) is 4.79 Å². The van der Waals surface area contributed by atoms with Gasteiger partial charge in [0.05, 0.1) is 28.7 Å². The Kier molecular flexibility index (Phi) is 6.98. The first-order valence-corrected chi connectivity index (χ1v) is 14.0. The standard InChI is InChI=1S/C31H33ClN4O2/c32-24-14-6-9-17-27(24)35-31(38)34-26-16-8-5-13-22(26)30(37)36-19-18-23-28(20-10-2-1-3-11-20)33-25-15-7-4-12-21(25)29(23)36/h1-4,6-7,9-12,14-15,17,22-23,26,28-29,33H,5,8,13,16,18-19H2,(H2,34,35,38)/t22-,23+,26+,28-,29-/m0/s1. The topological polar surface area (TPSA) is 73.5 Å². The van der Waals surface area contributed by atoms with Crippen LogP contribution < -0.4 is 16.0 Å². The molecule has 6 nitrogen and oxygen atoms in total. The molecule has 1 saturated heterocycles.